The summed E-state index contributed by atoms with van der Waals surface area (Å²) in [5, 5.41) is 3.02. The minimum atomic E-state index is -0.182. The second-order valence-electron chi connectivity index (χ2n) is 6.27. The van der Waals surface area contributed by atoms with Gasteiger partial charge in [0.25, 0.3) is 0 Å². The number of aryl methyl sites for hydroxylation is 1. The van der Waals surface area contributed by atoms with Crippen LogP contribution in [0.4, 0.5) is 0 Å². The first kappa shape index (κ1) is 16.5. The van der Waals surface area contributed by atoms with E-state index in [9.17, 15) is 9.59 Å². The highest BCUT2D eigenvalue weighted by molar-refractivity contribution is 5.78. The quantitative estimate of drug-likeness (QED) is 0.845. The van der Waals surface area contributed by atoms with Gasteiger partial charge in [0.05, 0.1) is 6.42 Å². The minimum Gasteiger partial charge on any atom is -0.369 e. The SMILES string of the molecule is CCc1ccc(CC(=O)NCC2CCC(C(N)=O)CC2)cc1. The molecule has 0 aliphatic heterocycles. The molecule has 1 aliphatic carbocycles. The summed E-state index contributed by atoms with van der Waals surface area (Å²) >= 11 is 0. The third-order valence-electron chi connectivity index (χ3n) is 4.63. The summed E-state index contributed by atoms with van der Waals surface area (Å²) in [4.78, 5) is 23.1. The Morgan fingerprint density at radius 3 is 2.23 bits per heavy atom. The number of nitrogens with one attached hydrogen (secondary N) is 1. The summed E-state index contributed by atoms with van der Waals surface area (Å²) in [6, 6.07) is 8.20. The van der Waals surface area contributed by atoms with Crippen LogP contribution in [0.2, 0.25) is 0 Å². The molecule has 0 aromatic heterocycles. The molecule has 1 aliphatic rings. The Balaban J connectivity index is 1.70. The monoisotopic (exact) mass is 302 g/mol. The number of primary amides is 1. The molecule has 0 saturated heterocycles. The van der Waals surface area contributed by atoms with Crippen molar-refractivity contribution in [3.8, 4) is 0 Å². The van der Waals surface area contributed by atoms with Crippen molar-refractivity contribution in [3.05, 3.63) is 35.4 Å². The predicted molar refractivity (Wildman–Crippen MR) is 87.2 cm³/mol. The molecule has 0 bridgehead atoms. The summed E-state index contributed by atoms with van der Waals surface area (Å²) in [6.45, 7) is 2.83. The van der Waals surface area contributed by atoms with Crippen LogP contribution in [0.3, 0.4) is 0 Å². The molecular weight excluding hydrogens is 276 g/mol. The zero-order valence-electron chi connectivity index (χ0n) is 13.3. The third-order valence-corrected chi connectivity index (χ3v) is 4.63. The molecule has 0 spiro atoms. The fourth-order valence-electron chi connectivity index (χ4n) is 3.05. The molecule has 1 aromatic rings. The van der Waals surface area contributed by atoms with Crippen LogP contribution in [0, 0.1) is 11.8 Å². The Kier molecular flexibility index (Phi) is 5.99. The molecule has 2 rings (SSSR count). The average Bonchev–Trinajstić information content (AvgIpc) is 2.54. The van der Waals surface area contributed by atoms with E-state index in [1.807, 2.05) is 12.1 Å². The van der Waals surface area contributed by atoms with Gasteiger partial charge in [-0.2, -0.15) is 0 Å². The summed E-state index contributed by atoms with van der Waals surface area (Å²) in [6.07, 6.45) is 5.10. The molecular formula is C18H26N2O2. The summed E-state index contributed by atoms with van der Waals surface area (Å²) in [5.41, 5.74) is 7.67. The molecule has 0 heterocycles. The van der Waals surface area contributed by atoms with Crippen LogP contribution in [0.25, 0.3) is 0 Å². The van der Waals surface area contributed by atoms with Crippen LogP contribution in [0.5, 0.6) is 0 Å². The number of hydrogen-bond acceptors (Lipinski definition) is 2. The van der Waals surface area contributed by atoms with E-state index in [0.717, 1.165) is 37.7 Å². The van der Waals surface area contributed by atoms with E-state index in [2.05, 4.69) is 24.4 Å². The molecule has 1 saturated carbocycles. The van der Waals surface area contributed by atoms with E-state index in [4.69, 9.17) is 5.73 Å². The Morgan fingerprint density at radius 1 is 1.09 bits per heavy atom. The van der Waals surface area contributed by atoms with E-state index in [1.165, 1.54) is 5.56 Å². The second kappa shape index (κ2) is 7.97. The molecule has 0 radical (unpaired) electrons. The second-order valence-corrected chi connectivity index (χ2v) is 6.27. The number of hydrogen-bond donors (Lipinski definition) is 2. The minimum absolute atomic E-state index is 0.0315. The first-order chi connectivity index (χ1) is 10.6. The Labute approximate surface area is 132 Å². The van der Waals surface area contributed by atoms with E-state index in [-0.39, 0.29) is 17.7 Å². The lowest BCUT2D eigenvalue weighted by atomic mass is 9.81. The highest BCUT2D eigenvalue weighted by Gasteiger charge is 2.24. The Bertz CT molecular complexity index is 502. The van der Waals surface area contributed by atoms with E-state index >= 15 is 0 Å². The van der Waals surface area contributed by atoms with Crippen LogP contribution >= 0.6 is 0 Å². The van der Waals surface area contributed by atoms with E-state index in [0.29, 0.717) is 18.9 Å². The maximum atomic E-state index is 12.0. The van der Waals surface area contributed by atoms with Gasteiger partial charge in [0.2, 0.25) is 11.8 Å². The number of carbonyl (C=O) groups excluding carboxylic acids is 2. The summed E-state index contributed by atoms with van der Waals surface area (Å²) in [7, 11) is 0. The van der Waals surface area contributed by atoms with Gasteiger partial charge in [0, 0.05) is 12.5 Å². The average molecular weight is 302 g/mol. The largest absolute Gasteiger partial charge is 0.369 e. The topological polar surface area (TPSA) is 72.2 Å². The first-order valence-corrected chi connectivity index (χ1v) is 8.22. The van der Waals surface area contributed by atoms with Crippen molar-refractivity contribution >= 4 is 11.8 Å². The lowest BCUT2D eigenvalue weighted by molar-refractivity contribution is -0.123. The van der Waals surface area contributed by atoms with Gasteiger partial charge in [-0.15, -0.1) is 0 Å². The normalized spacial score (nSPS) is 21.3. The fourth-order valence-corrected chi connectivity index (χ4v) is 3.05. The Hall–Kier alpha value is -1.84. The third kappa shape index (κ3) is 4.86. The summed E-state index contributed by atoms with van der Waals surface area (Å²) < 4.78 is 0. The van der Waals surface area contributed by atoms with Gasteiger partial charge in [-0.25, -0.2) is 0 Å². The van der Waals surface area contributed by atoms with Gasteiger partial charge in [-0.05, 0) is 49.1 Å². The number of rotatable bonds is 6. The van der Waals surface area contributed by atoms with Crippen molar-refractivity contribution in [2.24, 2.45) is 17.6 Å². The molecule has 1 fully saturated rings. The van der Waals surface area contributed by atoms with Gasteiger partial charge in [-0.3, -0.25) is 9.59 Å². The maximum absolute atomic E-state index is 12.0. The van der Waals surface area contributed by atoms with E-state index in [1.54, 1.807) is 0 Å². The van der Waals surface area contributed by atoms with Crippen molar-refractivity contribution in [2.75, 3.05) is 6.54 Å². The van der Waals surface area contributed by atoms with Crippen molar-refractivity contribution in [1.82, 2.24) is 5.32 Å². The molecule has 4 heteroatoms. The molecule has 4 nitrogen and oxygen atoms in total. The zero-order chi connectivity index (χ0) is 15.9. The zero-order valence-corrected chi connectivity index (χ0v) is 13.3. The van der Waals surface area contributed by atoms with E-state index < -0.39 is 0 Å². The van der Waals surface area contributed by atoms with Gasteiger partial charge < -0.3 is 11.1 Å². The summed E-state index contributed by atoms with van der Waals surface area (Å²) in [5.74, 6) is 0.394. The molecule has 22 heavy (non-hydrogen) atoms. The number of amides is 2. The highest BCUT2D eigenvalue weighted by atomic mass is 16.2. The van der Waals surface area contributed by atoms with Gasteiger partial charge in [-0.1, -0.05) is 31.2 Å². The standard InChI is InChI=1S/C18H26N2O2/c1-2-13-3-5-14(6-4-13)11-17(21)20-12-15-7-9-16(10-8-15)18(19)22/h3-6,15-16H,2,7-12H2,1H3,(H2,19,22)(H,20,21). The van der Waals surface area contributed by atoms with Gasteiger partial charge >= 0.3 is 0 Å². The lowest BCUT2D eigenvalue weighted by Gasteiger charge is -2.26. The smallest absolute Gasteiger partial charge is 0.224 e. The van der Waals surface area contributed by atoms with Crippen LogP contribution in [0.15, 0.2) is 24.3 Å². The van der Waals surface area contributed by atoms with Gasteiger partial charge in [0.15, 0.2) is 0 Å². The van der Waals surface area contributed by atoms with Crippen LogP contribution in [0.1, 0.15) is 43.7 Å². The lowest BCUT2D eigenvalue weighted by Crippen LogP contribution is -2.34. The number of benzene rings is 1. The fraction of sp³-hybridized carbons (Fsp3) is 0.556. The first-order valence-electron chi connectivity index (χ1n) is 8.22. The van der Waals surface area contributed by atoms with Crippen LogP contribution in [-0.4, -0.2) is 18.4 Å². The van der Waals surface area contributed by atoms with Crippen molar-refractivity contribution in [3.63, 3.8) is 0 Å². The van der Waals surface area contributed by atoms with Crippen LogP contribution < -0.4 is 11.1 Å². The van der Waals surface area contributed by atoms with Crippen molar-refractivity contribution in [1.29, 1.82) is 0 Å². The van der Waals surface area contributed by atoms with Crippen molar-refractivity contribution in [2.45, 2.75) is 45.4 Å². The molecule has 0 unspecified atom stereocenters. The Morgan fingerprint density at radius 2 is 1.68 bits per heavy atom. The van der Waals surface area contributed by atoms with Crippen LogP contribution in [-0.2, 0) is 22.4 Å². The van der Waals surface area contributed by atoms with Gasteiger partial charge in [0.1, 0.15) is 0 Å². The van der Waals surface area contributed by atoms with Crippen molar-refractivity contribution < 1.29 is 9.59 Å². The molecule has 120 valence electrons. The number of carbonyl (C=O) groups is 2. The number of nitrogens with two attached hydrogens (primary N) is 1. The molecule has 2 amide bonds. The highest BCUT2D eigenvalue weighted by Crippen LogP contribution is 2.28. The maximum Gasteiger partial charge on any atom is 0.224 e. The molecule has 3 N–H and O–H groups in total. The molecule has 1 aromatic carbocycles. The molecule has 0 atom stereocenters. The predicted octanol–water partition coefficient (Wildman–Crippen LogP) is 2.20.